The predicted molar refractivity (Wildman–Crippen MR) is 77.2 cm³/mol. The molecule has 1 N–H and O–H groups in total. The van der Waals surface area contributed by atoms with E-state index in [1.807, 2.05) is 0 Å². The Kier molecular flexibility index (Phi) is 4.04. The molecule has 1 aliphatic carbocycles. The van der Waals surface area contributed by atoms with Crippen LogP contribution >= 0.6 is 11.3 Å². The third kappa shape index (κ3) is 2.61. The molecule has 0 amide bonds. The molecule has 1 aromatic heterocycles. The Morgan fingerprint density at radius 3 is 2.90 bits per heavy atom. The highest BCUT2D eigenvalue weighted by Gasteiger charge is 2.42. The first-order valence-electron chi connectivity index (χ1n) is 6.96. The van der Waals surface area contributed by atoms with E-state index in [2.05, 4.69) is 0 Å². The third-order valence-electron chi connectivity index (χ3n) is 4.09. The van der Waals surface area contributed by atoms with Crippen LogP contribution in [0.25, 0.3) is 0 Å². The molecular weight excluding hydrogens is 314 g/mol. The minimum Gasteiger partial charge on any atom is -0.477 e. The van der Waals surface area contributed by atoms with Gasteiger partial charge in [-0.3, -0.25) is 0 Å². The summed E-state index contributed by atoms with van der Waals surface area (Å²) in [5, 5.41) is 10.7. The van der Waals surface area contributed by atoms with Crippen molar-refractivity contribution >= 4 is 27.3 Å². The van der Waals surface area contributed by atoms with Crippen LogP contribution in [0.15, 0.2) is 16.3 Å². The van der Waals surface area contributed by atoms with E-state index in [1.165, 1.54) is 15.8 Å². The fraction of sp³-hybridized carbons (Fsp3) is 0.615. The Morgan fingerprint density at radius 2 is 2.14 bits per heavy atom. The number of nitrogens with zero attached hydrogens (tertiary/aromatic N) is 1. The second-order valence-electron chi connectivity index (χ2n) is 5.30. The van der Waals surface area contributed by atoms with E-state index < -0.39 is 16.0 Å². The van der Waals surface area contributed by atoms with Gasteiger partial charge in [-0.15, -0.1) is 11.3 Å². The van der Waals surface area contributed by atoms with Gasteiger partial charge in [-0.1, -0.05) is 12.8 Å². The Bertz CT molecular complexity index is 637. The smallest absolute Gasteiger partial charge is 0.347 e. The van der Waals surface area contributed by atoms with Crippen LogP contribution in [0.3, 0.4) is 0 Å². The monoisotopic (exact) mass is 331 g/mol. The van der Waals surface area contributed by atoms with Crippen LogP contribution < -0.4 is 0 Å². The van der Waals surface area contributed by atoms with E-state index in [0.29, 0.717) is 13.2 Å². The molecule has 0 unspecified atom stereocenters. The van der Waals surface area contributed by atoms with Crippen molar-refractivity contribution in [1.82, 2.24) is 4.31 Å². The maximum atomic E-state index is 12.8. The average molecular weight is 331 g/mol. The highest BCUT2D eigenvalue weighted by Crippen LogP contribution is 2.34. The fourth-order valence-corrected chi connectivity index (χ4v) is 6.04. The molecule has 1 saturated carbocycles. The number of ether oxygens (including phenoxy) is 1. The quantitative estimate of drug-likeness (QED) is 0.913. The summed E-state index contributed by atoms with van der Waals surface area (Å²) in [4.78, 5) is 11.0. The van der Waals surface area contributed by atoms with E-state index in [9.17, 15) is 13.2 Å². The van der Waals surface area contributed by atoms with Gasteiger partial charge in [-0.25, -0.2) is 13.2 Å². The Morgan fingerprint density at radius 1 is 1.38 bits per heavy atom. The number of aromatic carboxylic acids is 1. The largest absolute Gasteiger partial charge is 0.477 e. The first-order valence-corrected chi connectivity index (χ1v) is 9.28. The Balaban J connectivity index is 1.97. The van der Waals surface area contributed by atoms with Gasteiger partial charge in [0.1, 0.15) is 9.77 Å². The van der Waals surface area contributed by atoms with Crippen LogP contribution in [0.5, 0.6) is 0 Å². The van der Waals surface area contributed by atoms with Crippen LogP contribution in [0.2, 0.25) is 0 Å². The second-order valence-corrected chi connectivity index (χ2v) is 8.07. The van der Waals surface area contributed by atoms with Crippen LogP contribution in [0, 0.1) is 0 Å². The van der Waals surface area contributed by atoms with Crippen molar-refractivity contribution < 1.29 is 23.1 Å². The molecule has 0 radical (unpaired) electrons. The normalized spacial score (nSPS) is 27.2. The lowest BCUT2D eigenvalue weighted by atomic mass is 9.91. The van der Waals surface area contributed by atoms with Crippen LogP contribution in [-0.2, 0) is 14.8 Å². The van der Waals surface area contributed by atoms with Crippen molar-refractivity contribution in [3.05, 3.63) is 16.3 Å². The Hall–Kier alpha value is -0.960. The molecular formula is C13H17NO5S2. The molecule has 2 heterocycles. The van der Waals surface area contributed by atoms with Gasteiger partial charge in [-0.2, -0.15) is 4.31 Å². The molecule has 2 aliphatic rings. The summed E-state index contributed by atoms with van der Waals surface area (Å²) in [7, 11) is -3.78. The summed E-state index contributed by atoms with van der Waals surface area (Å²) in [6.45, 7) is 0.658. The van der Waals surface area contributed by atoms with Crippen molar-refractivity contribution in [3.8, 4) is 0 Å². The van der Waals surface area contributed by atoms with Gasteiger partial charge in [0.25, 0.3) is 0 Å². The number of rotatable bonds is 3. The molecule has 1 aliphatic heterocycles. The number of sulfonamides is 1. The summed E-state index contributed by atoms with van der Waals surface area (Å²) >= 11 is 0.941. The molecule has 1 aromatic rings. The fourth-order valence-electron chi connectivity index (χ4n) is 3.14. The van der Waals surface area contributed by atoms with E-state index in [0.717, 1.165) is 37.0 Å². The van der Waals surface area contributed by atoms with E-state index in [-0.39, 0.29) is 21.9 Å². The highest BCUT2D eigenvalue weighted by atomic mass is 32.2. The van der Waals surface area contributed by atoms with E-state index >= 15 is 0 Å². The maximum absolute atomic E-state index is 12.8. The molecule has 0 aromatic carbocycles. The van der Waals surface area contributed by atoms with Crippen LogP contribution in [0.1, 0.15) is 35.4 Å². The lowest BCUT2D eigenvalue weighted by Gasteiger charge is -2.42. The summed E-state index contributed by atoms with van der Waals surface area (Å²) < 4.78 is 32.8. The molecule has 6 nitrogen and oxygen atoms in total. The SMILES string of the molecule is O=C(O)c1sccc1S(=O)(=O)N1CCO[C@@H]2CCCC[C@H]21. The zero-order valence-electron chi connectivity index (χ0n) is 11.4. The first-order chi connectivity index (χ1) is 10.0. The standard InChI is InChI=1S/C13H17NO5S2/c15-13(16)12-11(5-8-20-12)21(17,18)14-6-7-19-10-4-2-1-3-9(10)14/h5,8-10H,1-4,6-7H2,(H,15,16)/t9-,10-/m1/s1. The lowest BCUT2D eigenvalue weighted by molar-refractivity contribution is -0.0586. The van der Waals surface area contributed by atoms with Gasteiger partial charge in [0, 0.05) is 6.54 Å². The average Bonchev–Trinajstić information content (AvgIpc) is 2.97. The lowest BCUT2D eigenvalue weighted by Crippen LogP contribution is -2.54. The molecule has 8 heteroatoms. The first kappa shape index (κ1) is 15.0. The molecule has 2 atom stereocenters. The summed E-state index contributed by atoms with van der Waals surface area (Å²) in [5.74, 6) is -1.20. The van der Waals surface area contributed by atoms with Gasteiger partial charge in [-0.05, 0) is 24.3 Å². The van der Waals surface area contributed by atoms with Gasteiger partial charge in [0.15, 0.2) is 0 Å². The third-order valence-corrected chi connectivity index (χ3v) is 7.09. The number of carboxylic acids is 1. The zero-order chi connectivity index (χ0) is 15.0. The molecule has 21 heavy (non-hydrogen) atoms. The van der Waals surface area contributed by atoms with Gasteiger partial charge in [0.2, 0.25) is 10.0 Å². The number of carboxylic acid groups (broad SMARTS) is 1. The number of carbonyl (C=O) groups is 1. The second kappa shape index (κ2) is 5.68. The predicted octanol–water partition coefficient (Wildman–Crippen LogP) is 1.78. The van der Waals surface area contributed by atoms with E-state index in [1.54, 1.807) is 0 Å². The summed E-state index contributed by atoms with van der Waals surface area (Å²) in [6, 6.07) is 1.22. The van der Waals surface area contributed by atoms with Gasteiger partial charge >= 0.3 is 5.97 Å². The molecule has 3 rings (SSSR count). The number of hydrogen-bond donors (Lipinski definition) is 1. The van der Waals surface area contributed by atoms with E-state index in [4.69, 9.17) is 9.84 Å². The Labute approximate surface area is 127 Å². The van der Waals surface area contributed by atoms with Crippen molar-refractivity contribution in [1.29, 1.82) is 0 Å². The molecule has 2 fully saturated rings. The van der Waals surface area contributed by atoms with Crippen LogP contribution in [0.4, 0.5) is 0 Å². The van der Waals surface area contributed by atoms with Crippen molar-refractivity contribution in [2.24, 2.45) is 0 Å². The zero-order valence-corrected chi connectivity index (χ0v) is 13.0. The number of morpholine rings is 1. The van der Waals surface area contributed by atoms with Crippen molar-refractivity contribution in [3.63, 3.8) is 0 Å². The molecule has 116 valence electrons. The number of thiophene rings is 1. The summed E-state index contributed by atoms with van der Waals surface area (Å²) in [6.07, 6.45) is 3.61. The minimum atomic E-state index is -3.78. The molecule has 1 saturated heterocycles. The molecule has 0 bridgehead atoms. The number of hydrogen-bond acceptors (Lipinski definition) is 5. The van der Waals surface area contributed by atoms with Gasteiger partial charge < -0.3 is 9.84 Å². The van der Waals surface area contributed by atoms with Crippen LogP contribution in [-0.4, -0.2) is 49.1 Å². The van der Waals surface area contributed by atoms with Crippen molar-refractivity contribution in [2.45, 2.75) is 42.7 Å². The maximum Gasteiger partial charge on any atom is 0.347 e. The van der Waals surface area contributed by atoms with Gasteiger partial charge in [0.05, 0.1) is 18.8 Å². The highest BCUT2D eigenvalue weighted by molar-refractivity contribution is 7.89. The molecule has 0 spiro atoms. The minimum absolute atomic E-state index is 0.0609. The topological polar surface area (TPSA) is 83.9 Å². The van der Waals surface area contributed by atoms with Crippen molar-refractivity contribution in [2.75, 3.05) is 13.2 Å². The number of fused-ring (bicyclic) bond motifs is 1. The summed E-state index contributed by atoms with van der Waals surface area (Å²) in [5.41, 5.74) is 0.